The molecular formula is C15H25NO4S. The van der Waals surface area contributed by atoms with Gasteiger partial charge in [-0.15, -0.1) is 0 Å². The van der Waals surface area contributed by atoms with Gasteiger partial charge in [0.05, 0.1) is 6.42 Å². The molecule has 2 aliphatic rings. The van der Waals surface area contributed by atoms with Crippen molar-refractivity contribution in [3.63, 3.8) is 0 Å². The molecule has 0 aromatic carbocycles. The van der Waals surface area contributed by atoms with E-state index in [2.05, 4.69) is 5.32 Å². The van der Waals surface area contributed by atoms with Gasteiger partial charge in [0.1, 0.15) is 5.25 Å². The fourth-order valence-electron chi connectivity index (χ4n) is 2.98. The number of hydrogen-bond donors (Lipinski definition) is 2. The van der Waals surface area contributed by atoms with Crippen LogP contribution >= 0.6 is 0 Å². The number of aliphatic carboxylic acids is 1. The molecule has 5 nitrogen and oxygen atoms in total. The summed E-state index contributed by atoms with van der Waals surface area (Å²) in [5.41, 5.74) is -0.323. The van der Waals surface area contributed by atoms with Gasteiger partial charge < -0.3 is 10.4 Å². The molecule has 0 aromatic rings. The van der Waals surface area contributed by atoms with Crippen LogP contribution in [0, 0.1) is 5.41 Å². The Labute approximate surface area is 128 Å². The molecule has 0 aromatic heterocycles. The Morgan fingerprint density at radius 1 is 1.29 bits per heavy atom. The van der Waals surface area contributed by atoms with Crippen molar-refractivity contribution in [2.45, 2.75) is 69.6 Å². The quantitative estimate of drug-likeness (QED) is 0.751. The molecule has 1 amide bonds. The van der Waals surface area contributed by atoms with Crippen molar-refractivity contribution < 1.29 is 18.9 Å². The summed E-state index contributed by atoms with van der Waals surface area (Å²) in [6, 6.07) is 0.222. The van der Waals surface area contributed by atoms with E-state index in [-0.39, 0.29) is 23.8 Å². The number of rotatable bonds is 7. The fourth-order valence-corrected chi connectivity index (χ4v) is 4.53. The van der Waals surface area contributed by atoms with E-state index in [1.54, 1.807) is 6.92 Å². The highest BCUT2D eigenvalue weighted by Gasteiger charge is 2.46. The van der Waals surface area contributed by atoms with E-state index in [0.717, 1.165) is 38.5 Å². The Hall–Kier alpha value is -0.910. The minimum absolute atomic E-state index is 0.0652. The van der Waals surface area contributed by atoms with E-state index >= 15 is 0 Å². The number of nitrogens with one attached hydrogen (secondary N) is 1. The summed E-state index contributed by atoms with van der Waals surface area (Å²) in [5.74, 6) is -0.659. The number of carbonyl (C=O) groups is 2. The number of hydrogen-bond acceptors (Lipinski definition) is 3. The second kappa shape index (κ2) is 6.90. The average molecular weight is 315 g/mol. The highest BCUT2D eigenvalue weighted by molar-refractivity contribution is 7.86. The van der Waals surface area contributed by atoms with Gasteiger partial charge in [-0.25, -0.2) is 0 Å². The van der Waals surface area contributed by atoms with Crippen molar-refractivity contribution >= 4 is 22.7 Å². The van der Waals surface area contributed by atoms with E-state index in [1.807, 2.05) is 0 Å². The predicted octanol–water partition coefficient (Wildman–Crippen LogP) is 1.83. The summed E-state index contributed by atoms with van der Waals surface area (Å²) in [4.78, 5) is 23.0. The van der Waals surface area contributed by atoms with Gasteiger partial charge in [0, 0.05) is 22.6 Å². The van der Waals surface area contributed by atoms with Crippen molar-refractivity contribution in [2.24, 2.45) is 5.41 Å². The molecule has 2 saturated carbocycles. The maximum atomic E-state index is 12.3. The lowest BCUT2D eigenvalue weighted by molar-refractivity contribution is -0.138. The number of carbonyl (C=O) groups excluding carboxylic acids is 1. The van der Waals surface area contributed by atoms with Crippen molar-refractivity contribution in [3.8, 4) is 0 Å². The number of amides is 1. The molecule has 0 heterocycles. The number of carboxylic acids is 1. The summed E-state index contributed by atoms with van der Waals surface area (Å²) in [5, 5.41) is 11.3. The summed E-state index contributed by atoms with van der Waals surface area (Å²) >= 11 is 0. The molecule has 0 bridgehead atoms. The molecule has 2 N–H and O–H groups in total. The third-order valence-corrected chi connectivity index (χ3v) is 6.55. The molecule has 2 atom stereocenters. The highest BCUT2D eigenvalue weighted by Crippen LogP contribution is 2.49. The normalized spacial score (nSPS) is 24.0. The fraction of sp³-hybridized carbons (Fsp3) is 0.867. The van der Waals surface area contributed by atoms with Crippen molar-refractivity contribution in [3.05, 3.63) is 0 Å². The first-order valence-corrected chi connectivity index (χ1v) is 9.19. The smallest absolute Gasteiger partial charge is 0.303 e. The lowest BCUT2D eigenvalue weighted by Crippen LogP contribution is -2.43. The van der Waals surface area contributed by atoms with Gasteiger partial charge in [0.25, 0.3) is 0 Å². The molecule has 0 saturated heterocycles. The first kappa shape index (κ1) is 16.5. The summed E-state index contributed by atoms with van der Waals surface area (Å²) < 4.78 is 12.3. The monoisotopic (exact) mass is 315 g/mol. The maximum Gasteiger partial charge on any atom is 0.303 e. The zero-order valence-electron chi connectivity index (χ0n) is 12.6. The van der Waals surface area contributed by atoms with Crippen LogP contribution in [0.2, 0.25) is 0 Å². The van der Waals surface area contributed by atoms with Gasteiger partial charge in [-0.2, -0.15) is 0 Å². The van der Waals surface area contributed by atoms with Gasteiger partial charge in [-0.05, 0) is 38.0 Å². The van der Waals surface area contributed by atoms with Crippen LogP contribution in [0.15, 0.2) is 0 Å². The molecular weight excluding hydrogens is 290 g/mol. The minimum Gasteiger partial charge on any atom is -0.481 e. The maximum absolute atomic E-state index is 12.3. The van der Waals surface area contributed by atoms with Crippen LogP contribution in [0.1, 0.15) is 58.3 Å². The van der Waals surface area contributed by atoms with Crippen molar-refractivity contribution in [2.75, 3.05) is 5.75 Å². The van der Waals surface area contributed by atoms with Crippen LogP contribution in [0.5, 0.6) is 0 Å². The highest BCUT2D eigenvalue weighted by atomic mass is 32.2. The SMILES string of the molecule is CC(C(=O)NC1CCCCC1)S(=O)CC1(CC(=O)O)CC1. The van der Waals surface area contributed by atoms with Gasteiger partial charge in [-0.3, -0.25) is 13.8 Å². The van der Waals surface area contributed by atoms with Crippen LogP contribution in [0.4, 0.5) is 0 Å². The molecule has 120 valence electrons. The lowest BCUT2D eigenvalue weighted by Gasteiger charge is -2.24. The van der Waals surface area contributed by atoms with E-state index < -0.39 is 22.0 Å². The van der Waals surface area contributed by atoms with E-state index in [9.17, 15) is 13.8 Å². The Balaban J connectivity index is 1.81. The Bertz CT molecular complexity index is 427. The second-order valence-electron chi connectivity index (χ2n) is 6.58. The largest absolute Gasteiger partial charge is 0.481 e. The molecule has 0 radical (unpaired) electrons. The molecule has 0 aliphatic heterocycles. The standard InChI is InChI=1S/C15H25NO4S/c1-11(14(19)16-12-5-3-2-4-6-12)21(20)10-15(7-8-15)9-13(17)18/h11-12H,2-10H2,1H3,(H,16,19)(H,17,18). The van der Waals surface area contributed by atoms with Gasteiger partial charge in [0.15, 0.2) is 0 Å². The Kier molecular flexibility index (Phi) is 5.41. The zero-order valence-corrected chi connectivity index (χ0v) is 13.4. The molecule has 2 fully saturated rings. The van der Waals surface area contributed by atoms with Crippen molar-refractivity contribution in [1.29, 1.82) is 0 Å². The molecule has 21 heavy (non-hydrogen) atoms. The molecule has 2 rings (SSSR count). The second-order valence-corrected chi connectivity index (χ2v) is 8.34. The van der Waals surface area contributed by atoms with Gasteiger partial charge in [0.2, 0.25) is 5.91 Å². The first-order chi connectivity index (χ1) is 9.92. The van der Waals surface area contributed by atoms with Crippen LogP contribution in [-0.4, -0.2) is 38.2 Å². The summed E-state index contributed by atoms with van der Waals surface area (Å²) in [6.07, 6.45) is 7.21. The first-order valence-electron chi connectivity index (χ1n) is 7.81. The molecule has 0 spiro atoms. The number of carboxylic acid groups (broad SMARTS) is 1. The van der Waals surface area contributed by atoms with Crippen LogP contribution < -0.4 is 5.32 Å². The van der Waals surface area contributed by atoms with E-state index in [0.29, 0.717) is 5.75 Å². The summed E-state index contributed by atoms with van der Waals surface area (Å²) in [6.45, 7) is 1.69. The zero-order chi connectivity index (χ0) is 15.5. The lowest BCUT2D eigenvalue weighted by atomic mass is 9.95. The van der Waals surface area contributed by atoms with Crippen LogP contribution in [0.25, 0.3) is 0 Å². The third-order valence-electron chi connectivity index (χ3n) is 4.65. The van der Waals surface area contributed by atoms with E-state index in [1.165, 1.54) is 6.42 Å². The molecule has 2 unspecified atom stereocenters. The van der Waals surface area contributed by atoms with Crippen LogP contribution in [0.3, 0.4) is 0 Å². The predicted molar refractivity (Wildman–Crippen MR) is 81.4 cm³/mol. The Morgan fingerprint density at radius 2 is 1.90 bits per heavy atom. The minimum atomic E-state index is -1.30. The van der Waals surface area contributed by atoms with Crippen molar-refractivity contribution in [1.82, 2.24) is 5.32 Å². The average Bonchev–Trinajstić information content (AvgIpc) is 3.17. The Morgan fingerprint density at radius 3 is 2.43 bits per heavy atom. The van der Waals surface area contributed by atoms with Gasteiger partial charge >= 0.3 is 5.97 Å². The molecule has 6 heteroatoms. The van der Waals surface area contributed by atoms with Crippen LogP contribution in [-0.2, 0) is 20.4 Å². The summed E-state index contributed by atoms with van der Waals surface area (Å²) in [7, 11) is -1.30. The third kappa shape index (κ3) is 4.80. The van der Waals surface area contributed by atoms with E-state index in [4.69, 9.17) is 5.11 Å². The topological polar surface area (TPSA) is 83.5 Å². The van der Waals surface area contributed by atoms with Gasteiger partial charge in [-0.1, -0.05) is 19.3 Å². The molecule has 2 aliphatic carbocycles.